The van der Waals surface area contributed by atoms with Crippen molar-refractivity contribution in [1.29, 1.82) is 0 Å². The highest BCUT2D eigenvalue weighted by atomic mass is 16.6. The number of hydrogen-bond acceptors (Lipinski definition) is 8. The summed E-state index contributed by atoms with van der Waals surface area (Å²) in [5, 5.41) is 2.02. The maximum atomic E-state index is 14.7. The summed E-state index contributed by atoms with van der Waals surface area (Å²) in [6.45, 7) is 3.94. The number of likely N-dealkylation sites (tertiary alicyclic amines) is 1. The van der Waals surface area contributed by atoms with E-state index >= 15 is 0 Å². The molecule has 3 aromatic carbocycles. The Hall–Kier alpha value is -5.26. The monoisotopic (exact) mass is 705 g/mol. The lowest BCUT2D eigenvalue weighted by Crippen LogP contribution is -2.60. The molecule has 0 radical (unpaired) electrons. The standard InChI is InChI=1S/C41H43N3O8/c1-28-41(40(48)49-2)24-32(22-37(45)42-17-19-43(20-18-42)39(47)35-16-9-21-51-35)38(46)44(25-31-14-8-13-30-12-6-7-15-34(30)31)36(41)23-33(52-28)27-50-26-29-10-4-3-5-11-29/h3-16,21,23,28,32-33H,17-20,22,24-27H2,1-2H3/t28-,32+,33-,41+/m1/s1. The molecular weight excluding hydrogens is 662 g/mol. The van der Waals surface area contributed by atoms with Crippen molar-refractivity contribution in [2.45, 2.75) is 45.1 Å². The van der Waals surface area contributed by atoms with Crippen LogP contribution in [0.2, 0.25) is 0 Å². The van der Waals surface area contributed by atoms with Crippen molar-refractivity contribution in [3.05, 3.63) is 120 Å². The van der Waals surface area contributed by atoms with Crippen LogP contribution in [0, 0.1) is 11.3 Å². The average molecular weight is 706 g/mol. The van der Waals surface area contributed by atoms with Crippen molar-refractivity contribution in [2.75, 3.05) is 39.9 Å². The summed E-state index contributed by atoms with van der Waals surface area (Å²) in [5.41, 5.74) is 1.10. The molecule has 0 saturated carbocycles. The zero-order valence-electron chi connectivity index (χ0n) is 29.4. The zero-order chi connectivity index (χ0) is 36.2. The van der Waals surface area contributed by atoms with E-state index in [1.165, 1.54) is 13.4 Å². The third-order valence-corrected chi connectivity index (χ3v) is 10.6. The fourth-order valence-corrected chi connectivity index (χ4v) is 7.84. The van der Waals surface area contributed by atoms with Gasteiger partial charge in [-0.3, -0.25) is 19.2 Å². The Bertz CT molecular complexity index is 1950. The van der Waals surface area contributed by atoms with Crippen LogP contribution in [0.4, 0.5) is 0 Å². The largest absolute Gasteiger partial charge is 0.468 e. The average Bonchev–Trinajstić information content (AvgIpc) is 3.72. The molecule has 2 fully saturated rings. The van der Waals surface area contributed by atoms with Crippen LogP contribution < -0.4 is 0 Å². The summed E-state index contributed by atoms with van der Waals surface area (Å²) in [5.74, 6) is -1.76. The van der Waals surface area contributed by atoms with Gasteiger partial charge in [0.05, 0.1) is 39.2 Å². The summed E-state index contributed by atoms with van der Waals surface area (Å²) in [6, 6.07) is 27.0. The Morgan fingerprint density at radius 1 is 0.885 bits per heavy atom. The number of carbonyl (C=O) groups excluding carboxylic acids is 4. The summed E-state index contributed by atoms with van der Waals surface area (Å²) < 4.78 is 23.3. The van der Waals surface area contributed by atoms with E-state index in [-0.39, 0.29) is 49.5 Å². The van der Waals surface area contributed by atoms with E-state index in [1.807, 2.05) is 85.8 Å². The molecule has 4 atom stereocenters. The number of benzene rings is 3. The van der Waals surface area contributed by atoms with E-state index in [1.54, 1.807) is 26.8 Å². The predicted octanol–water partition coefficient (Wildman–Crippen LogP) is 5.20. The SMILES string of the molecule is COC(=O)[C@]12C[C@H](CC(=O)N3CCN(C(=O)c4ccco4)CC3)C(=O)N(Cc3cccc4ccccc34)C1=C[C@H](COCc1ccccc1)O[C@@H]2C. The number of nitrogens with zero attached hydrogens (tertiary/aromatic N) is 3. The van der Waals surface area contributed by atoms with E-state index in [4.69, 9.17) is 18.6 Å². The molecule has 0 bridgehead atoms. The van der Waals surface area contributed by atoms with Gasteiger partial charge >= 0.3 is 5.97 Å². The minimum absolute atomic E-state index is 0.0534. The summed E-state index contributed by atoms with van der Waals surface area (Å²) >= 11 is 0. The highest BCUT2D eigenvalue weighted by Crippen LogP contribution is 2.51. The molecule has 1 aromatic heterocycles. The maximum absolute atomic E-state index is 14.7. The van der Waals surface area contributed by atoms with Gasteiger partial charge in [-0.1, -0.05) is 72.8 Å². The maximum Gasteiger partial charge on any atom is 0.320 e. The van der Waals surface area contributed by atoms with Crippen LogP contribution in [0.3, 0.4) is 0 Å². The quantitative estimate of drug-likeness (QED) is 0.207. The van der Waals surface area contributed by atoms with Crippen LogP contribution in [-0.2, 0) is 41.7 Å². The highest BCUT2D eigenvalue weighted by Gasteiger charge is 2.59. The Labute approximate surface area is 302 Å². The van der Waals surface area contributed by atoms with Gasteiger partial charge in [0.25, 0.3) is 5.91 Å². The number of piperidine rings is 1. The number of esters is 1. The highest BCUT2D eigenvalue weighted by molar-refractivity contribution is 5.94. The molecule has 3 aliphatic rings. The summed E-state index contributed by atoms with van der Waals surface area (Å²) in [6.07, 6.45) is 2.02. The van der Waals surface area contributed by atoms with Gasteiger partial charge in [-0.25, -0.2) is 0 Å². The van der Waals surface area contributed by atoms with Gasteiger partial charge in [0.15, 0.2) is 5.76 Å². The van der Waals surface area contributed by atoms with Crippen molar-refractivity contribution in [3.63, 3.8) is 0 Å². The van der Waals surface area contributed by atoms with Gasteiger partial charge in [0.2, 0.25) is 11.8 Å². The summed E-state index contributed by atoms with van der Waals surface area (Å²) in [4.78, 5) is 60.4. The van der Waals surface area contributed by atoms with Gasteiger partial charge in [0, 0.05) is 44.2 Å². The molecule has 7 rings (SSSR count). The molecule has 3 amide bonds. The van der Waals surface area contributed by atoms with Crippen LogP contribution in [-0.4, -0.2) is 90.5 Å². The van der Waals surface area contributed by atoms with Crippen LogP contribution >= 0.6 is 0 Å². The van der Waals surface area contributed by atoms with Crippen molar-refractivity contribution in [3.8, 4) is 0 Å². The first-order valence-corrected chi connectivity index (χ1v) is 17.7. The number of amides is 3. The van der Waals surface area contributed by atoms with E-state index in [2.05, 4.69) is 0 Å². The molecule has 11 nitrogen and oxygen atoms in total. The van der Waals surface area contributed by atoms with Crippen molar-refractivity contribution >= 4 is 34.5 Å². The molecule has 0 unspecified atom stereocenters. The van der Waals surface area contributed by atoms with Gasteiger partial charge in [-0.2, -0.15) is 0 Å². The third kappa shape index (κ3) is 6.86. The molecule has 11 heteroatoms. The Morgan fingerprint density at radius 3 is 2.37 bits per heavy atom. The van der Waals surface area contributed by atoms with E-state index < -0.39 is 29.5 Å². The fourth-order valence-electron chi connectivity index (χ4n) is 7.84. The van der Waals surface area contributed by atoms with Gasteiger partial charge in [-0.05, 0) is 53.5 Å². The second-order valence-corrected chi connectivity index (χ2v) is 13.7. The van der Waals surface area contributed by atoms with Crippen LogP contribution in [0.15, 0.2) is 107 Å². The lowest BCUT2D eigenvalue weighted by molar-refractivity contribution is -0.178. The third-order valence-electron chi connectivity index (χ3n) is 10.6. The Kier molecular flexibility index (Phi) is 10.2. The molecule has 3 aliphatic heterocycles. The first-order chi connectivity index (χ1) is 25.3. The molecule has 2 saturated heterocycles. The van der Waals surface area contributed by atoms with Crippen LogP contribution in [0.1, 0.15) is 41.4 Å². The Morgan fingerprint density at radius 2 is 1.62 bits per heavy atom. The lowest BCUT2D eigenvalue weighted by Gasteiger charge is -2.51. The second kappa shape index (κ2) is 15.1. The molecule has 0 aliphatic carbocycles. The number of piperazine rings is 1. The molecule has 4 aromatic rings. The molecule has 0 N–H and O–H groups in total. The summed E-state index contributed by atoms with van der Waals surface area (Å²) in [7, 11) is 1.34. The number of carbonyl (C=O) groups is 4. The minimum atomic E-state index is -1.34. The number of fused-ring (bicyclic) bond motifs is 2. The molecule has 270 valence electrons. The van der Waals surface area contributed by atoms with Gasteiger partial charge < -0.3 is 33.3 Å². The van der Waals surface area contributed by atoms with Gasteiger partial charge in [-0.15, -0.1) is 0 Å². The topological polar surface area (TPSA) is 119 Å². The molecule has 0 spiro atoms. The number of rotatable bonds is 10. The normalized spacial score (nSPS) is 23.3. The van der Waals surface area contributed by atoms with E-state index in [0.717, 1.165) is 21.9 Å². The number of hydrogen-bond donors (Lipinski definition) is 0. The molecule has 4 heterocycles. The lowest BCUT2D eigenvalue weighted by atomic mass is 9.66. The number of ether oxygens (including phenoxy) is 3. The zero-order valence-corrected chi connectivity index (χ0v) is 29.4. The predicted molar refractivity (Wildman–Crippen MR) is 191 cm³/mol. The van der Waals surface area contributed by atoms with Crippen molar-refractivity contribution < 1.29 is 37.8 Å². The first kappa shape index (κ1) is 35.2. The molecular formula is C41H43N3O8. The van der Waals surface area contributed by atoms with Gasteiger partial charge in [0.1, 0.15) is 11.5 Å². The number of methoxy groups -OCH3 is 1. The van der Waals surface area contributed by atoms with Crippen molar-refractivity contribution in [2.24, 2.45) is 11.3 Å². The fraction of sp³-hybridized carbons (Fsp3) is 0.366. The molecule has 52 heavy (non-hydrogen) atoms. The first-order valence-electron chi connectivity index (χ1n) is 17.7. The van der Waals surface area contributed by atoms with E-state index in [0.29, 0.717) is 38.5 Å². The van der Waals surface area contributed by atoms with Crippen LogP contribution in [0.5, 0.6) is 0 Å². The smallest absolute Gasteiger partial charge is 0.320 e. The number of furan rings is 1. The second-order valence-electron chi connectivity index (χ2n) is 13.7. The Balaban J connectivity index is 1.17. The minimum Gasteiger partial charge on any atom is -0.468 e. The van der Waals surface area contributed by atoms with E-state index in [9.17, 15) is 19.2 Å². The van der Waals surface area contributed by atoms with Crippen LogP contribution in [0.25, 0.3) is 10.8 Å². The van der Waals surface area contributed by atoms with Crippen molar-refractivity contribution in [1.82, 2.24) is 14.7 Å².